The lowest BCUT2D eigenvalue weighted by Gasteiger charge is -2.32. The van der Waals surface area contributed by atoms with Crippen LogP contribution in [0.25, 0.3) is 0 Å². The highest BCUT2D eigenvalue weighted by Gasteiger charge is 2.22. The molecule has 0 unspecified atom stereocenters. The topological polar surface area (TPSA) is 84.7 Å². The van der Waals surface area contributed by atoms with E-state index in [4.69, 9.17) is 10.5 Å². The lowest BCUT2D eigenvalue weighted by molar-refractivity contribution is -0.133. The first kappa shape index (κ1) is 18.3. The molecule has 2 amide bonds. The van der Waals surface area contributed by atoms with Crippen LogP contribution in [-0.2, 0) is 4.79 Å². The Morgan fingerprint density at radius 3 is 2.50 bits per heavy atom. The van der Waals surface area contributed by atoms with Crippen LogP contribution in [0.2, 0.25) is 0 Å². The molecular formula is C18H27N3O3. The highest BCUT2D eigenvalue weighted by Crippen LogP contribution is 2.17. The number of nitrogens with one attached hydrogen (secondary N) is 1. The number of carbonyl (C=O) groups excluding carboxylic acids is 2. The minimum Gasteiger partial charge on any atom is -0.493 e. The predicted octanol–water partition coefficient (Wildman–Crippen LogP) is 1.40. The Morgan fingerprint density at radius 1 is 1.25 bits per heavy atom. The average molecular weight is 333 g/mol. The number of benzene rings is 1. The van der Waals surface area contributed by atoms with Gasteiger partial charge in [0.25, 0.3) is 0 Å². The molecule has 0 aromatic heterocycles. The zero-order chi connectivity index (χ0) is 17.4. The number of hydrogen-bond acceptors (Lipinski definition) is 4. The quantitative estimate of drug-likeness (QED) is 0.753. The summed E-state index contributed by atoms with van der Waals surface area (Å²) in [6.07, 6.45) is 2.50. The number of carbonyl (C=O) groups is 2. The van der Waals surface area contributed by atoms with Crippen molar-refractivity contribution in [2.24, 2.45) is 11.7 Å². The number of amides is 2. The molecule has 1 saturated heterocycles. The van der Waals surface area contributed by atoms with E-state index in [9.17, 15) is 9.59 Å². The largest absolute Gasteiger partial charge is 0.493 e. The van der Waals surface area contributed by atoms with Crippen molar-refractivity contribution in [2.75, 3.05) is 32.8 Å². The van der Waals surface area contributed by atoms with Crippen LogP contribution >= 0.6 is 0 Å². The number of nitrogens with two attached hydrogens (primary N) is 1. The van der Waals surface area contributed by atoms with Gasteiger partial charge in [0, 0.05) is 18.7 Å². The van der Waals surface area contributed by atoms with E-state index in [1.165, 1.54) is 0 Å². The molecular weight excluding hydrogens is 306 g/mol. The molecule has 0 saturated carbocycles. The van der Waals surface area contributed by atoms with Crippen LogP contribution < -0.4 is 15.8 Å². The van der Waals surface area contributed by atoms with Gasteiger partial charge >= 0.3 is 0 Å². The normalized spacial score (nSPS) is 15.3. The van der Waals surface area contributed by atoms with Crippen molar-refractivity contribution in [1.82, 2.24) is 10.2 Å². The van der Waals surface area contributed by atoms with Gasteiger partial charge in [-0.2, -0.15) is 0 Å². The van der Waals surface area contributed by atoms with E-state index in [1.807, 2.05) is 4.90 Å². The maximum atomic E-state index is 12.2. The molecule has 132 valence electrons. The lowest BCUT2D eigenvalue weighted by Crippen LogP contribution is -2.41. The molecule has 2 rings (SSSR count). The summed E-state index contributed by atoms with van der Waals surface area (Å²) in [6, 6.07) is 6.62. The molecule has 0 aliphatic carbocycles. The second kappa shape index (κ2) is 9.27. The molecule has 1 aromatic rings. The van der Waals surface area contributed by atoms with E-state index in [-0.39, 0.29) is 5.91 Å². The van der Waals surface area contributed by atoms with Crippen molar-refractivity contribution >= 4 is 11.8 Å². The standard InChI is InChI=1S/C18H27N3O3/c1-2-20-13-14-7-10-21(11-8-14)17(22)9-12-24-16-5-3-15(4-6-16)18(19)23/h3-6,14,20H,2,7-13H2,1H3,(H2,19,23). The Balaban J connectivity index is 1.67. The molecule has 1 aliphatic rings. The van der Waals surface area contributed by atoms with Crippen LogP contribution in [0.3, 0.4) is 0 Å². The fourth-order valence-corrected chi connectivity index (χ4v) is 2.86. The first-order chi connectivity index (χ1) is 11.6. The van der Waals surface area contributed by atoms with Crippen LogP contribution in [-0.4, -0.2) is 49.5 Å². The van der Waals surface area contributed by atoms with Crippen LogP contribution in [0, 0.1) is 5.92 Å². The van der Waals surface area contributed by atoms with Crippen molar-refractivity contribution in [2.45, 2.75) is 26.2 Å². The maximum Gasteiger partial charge on any atom is 0.248 e. The molecule has 24 heavy (non-hydrogen) atoms. The first-order valence-electron chi connectivity index (χ1n) is 8.61. The Bertz CT molecular complexity index is 537. The van der Waals surface area contributed by atoms with Gasteiger partial charge in [0.1, 0.15) is 5.75 Å². The lowest BCUT2D eigenvalue weighted by atomic mass is 9.96. The number of hydrogen-bond donors (Lipinski definition) is 2. The molecule has 6 nitrogen and oxygen atoms in total. The highest BCUT2D eigenvalue weighted by molar-refractivity contribution is 5.92. The Labute approximate surface area is 143 Å². The van der Waals surface area contributed by atoms with Gasteiger partial charge in [-0.25, -0.2) is 0 Å². The molecule has 1 aromatic carbocycles. The van der Waals surface area contributed by atoms with Gasteiger partial charge in [-0.3, -0.25) is 9.59 Å². The van der Waals surface area contributed by atoms with Gasteiger partial charge in [-0.1, -0.05) is 6.92 Å². The summed E-state index contributed by atoms with van der Waals surface area (Å²) in [6.45, 7) is 6.16. The molecule has 1 fully saturated rings. The summed E-state index contributed by atoms with van der Waals surface area (Å²) in [5, 5.41) is 3.37. The van der Waals surface area contributed by atoms with Crippen molar-refractivity contribution < 1.29 is 14.3 Å². The summed E-state index contributed by atoms with van der Waals surface area (Å²) >= 11 is 0. The fourth-order valence-electron chi connectivity index (χ4n) is 2.86. The van der Waals surface area contributed by atoms with E-state index in [0.29, 0.717) is 30.3 Å². The number of ether oxygens (including phenoxy) is 1. The van der Waals surface area contributed by atoms with Crippen LogP contribution in [0.4, 0.5) is 0 Å². The smallest absolute Gasteiger partial charge is 0.248 e. The average Bonchev–Trinajstić information content (AvgIpc) is 2.60. The van der Waals surface area contributed by atoms with E-state index >= 15 is 0 Å². The first-order valence-corrected chi connectivity index (χ1v) is 8.61. The van der Waals surface area contributed by atoms with Crippen molar-refractivity contribution in [3.8, 4) is 5.75 Å². The predicted molar refractivity (Wildman–Crippen MR) is 92.9 cm³/mol. The molecule has 0 bridgehead atoms. The van der Waals surface area contributed by atoms with Crippen molar-refractivity contribution in [1.29, 1.82) is 0 Å². The minimum absolute atomic E-state index is 0.144. The van der Waals surface area contributed by atoms with Crippen LogP contribution in [0.1, 0.15) is 36.5 Å². The SMILES string of the molecule is CCNCC1CCN(C(=O)CCOc2ccc(C(N)=O)cc2)CC1. The molecule has 0 radical (unpaired) electrons. The maximum absolute atomic E-state index is 12.2. The van der Waals surface area contributed by atoms with Gasteiger partial charge < -0.3 is 20.7 Å². The second-order valence-corrected chi connectivity index (χ2v) is 6.12. The number of rotatable bonds is 8. The number of nitrogens with zero attached hydrogens (tertiary/aromatic N) is 1. The van der Waals surface area contributed by atoms with E-state index in [2.05, 4.69) is 12.2 Å². The van der Waals surface area contributed by atoms with Gasteiger partial charge in [-0.05, 0) is 56.1 Å². The highest BCUT2D eigenvalue weighted by atomic mass is 16.5. The second-order valence-electron chi connectivity index (χ2n) is 6.12. The molecule has 1 aliphatic heterocycles. The summed E-state index contributed by atoms with van der Waals surface area (Å²) in [5.74, 6) is 0.992. The summed E-state index contributed by atoms with van der Waals surface area (Å²) in [7, 11) is 0. The molecule has 3 N–H and O–H groups in total. The van der Waals surface area contributed by atoms with Crippen molar-refractivity contribution in [3.63, 3.8) is 0 Å². The Kier molecular flexibility index (Phi) is 7.06. The van der Waals surface area contributed by atoms with Gasteiger partial charge in [0.15, 0.2) is 0 Å². The summed E-state index contributed by atoms with van der Waals surface area (Å²) < 4.78 is 5.57. The molecule has 0 atom stereocenters. The summed E-state index contributed by atoms with van der Waals surface area (Å²) in [4.78, 5) is 25.2. The Morgan fingerprint density at radius 2 is 1.92 bits per heavy atom. The molecule has 1 heterocycles. The van der Waals surface area contributed by atoms with Crippen LogP contribution in [0.5, 0.6) is 5.75 Å². The number of piperidine rings is 1. The molecule has 6 heteroatoms. The summed E-state index contributed by atoms with van der Waals surface area (Å²) in [5.41, 5.74) is 5.63. The molecule has 0 spiro atoms. The van der Waals surface area contributed by atoms with E-state index in [1.54, 1.807) is 24.3 Å². The zero-order valence-corrected chi connectivity index (χ0v) is 14.3. The van der Waals surface area contributed by atoms with E-state index in [0.717, 1.165) is 39.0 Å². The van der Waals surface area contributed by atoms with Crippen LogP contribution in [0.15, 0.2) is 24.3 Å². The van der Waals surface area contributed by atoms with Gasteiger partial charge in [0.2, 0.25) is 11.8 Å². The third-order valence-corrected chi connectivity index (χ3v) is 4.37. The minimum atomic E-state index is -0.464. The van der Waals surface area contributed by atoms with E-state index < -0.39 is 5.91 Å². The van der Waals surface area contributed by atoms with Crippen molar-refractivity contribution in [3.05, 3.63) is 29.8 Å². The van der Waals surface area contributed by atoms with Gasteiger partial charge in [0.05, 0.1) is 13.0 Å². The third-order valence-electron chi connectivity index (χ3n) is 4.37. The fraction of sp³-hybridized carbons (Fsp3) is 0.556. The zero-order valence-electron chi connectivity index (χ0n) is 14.3. The number of likely N-dealkylation sites (tertiary alicyclic amines) is 1. The Hall–Kier alpha value is -2.08. The third kappa shape index (κ3) is 5.53. The number of primary amides is 1. The monoisotopic (exact) mass is 333 g/mol. The van der Waals surface area contributed by atoms with Gasteiger partial charge in [-0.15, -0.1) is 0 Å².